The third-order valence-corrected chi connectivity index (χ3v) is 4.20. The molecule has 8 nitrogen and oxygen atoms in total. The summed E-state index contributed by atoms with van der Waals surface area (Å²) in [6.45, 7) is -0.383. The van der Waals surface area contributed by atoms with Crippen molar-refractivity contribution in [3.63, 3.8) is 0 Å². The van der Waals surface area contributed by atoms with Crippen molar-refractivity contribution in [1.29, 1.82) is 0 Å². The number of aliphatic hydroxyl groups is 3. The van der Waals surface area contributed by atoms with Crippen LogP contribution in [0.3, 0.4) is 0 Å². The maximum atomic E-state index is 10.2. The predicted molar refractivity (Wildman–Crippen MR) is 83.8 cm³/mol. The van der Waals surface area contributed by atoms with Gasteiger partial charge in [0.15, 0.2) is 11.9 Å². The minimum absolute atomic E-state index is 0.383. The van der Waals surface area contributed by atoms with Gasteiger partial charge in [-0.25, -0.2) is 15.0 Å². The van der Waals surface area contributed by atoms with E-state index in [0.717, 1.165) is 5.56 Å². The Morgan fingerprint density at radius 3 is 2.54 bits per heavy atom. The van der Waals surface area contributed by atoms with Gasteiger partial charge in [-0.15, -0.1) is 0 Å². The summed E-state index contributed by atoms with van der Waals surface area (Å²) in [5, 5.41) is 29.4. The number of rotatable bonds is 3. The molecule has 24 heavy (non-hydrogen) atoms. The highest BCUT2D eigenvalue weighted by atomic mass is 16.6. The first-order valence-corrected chi connectivity index (χ1v) is 7.56. The fourth-order valence-corrected chi connectivity index (χ4v) is 2.96. The lowest BCUT2D eigenvalue weighted by Crippen LogP contribution is -2.33. The van der Waals surface area contributed by atoms with Crippen molar-refractivity contribution in [2.45, 2.75) is 24.5 Å². The molecule has 1 aliphatic heterocycles. The van der Waals surface area contributed by atoms with E-state index in [1.807, 2.05) is 30.3 Å². The first-order chi connectivity index (χ1) is 11.7. The number of imidazole rings is 1. The molecule has 0 radical (unpaired) electrons. The molecule has 8 heteroatoms. The van der Waals surface area contributed by atoms with E-state index in [2.05, 4.69) is 15.0 Å². The Morgan fingerprint density at radius 1 is 1.04 bits per heavy atom. The zero-order valence-corrected chi connectivity index (χ0v) is 12.6. The summed E-state index contributed by atoms with van der Waals surface area (Å²) < 4.78 is 7.09. The number of hydrogen-bond donors (Lipinski definition) is 3. The first-order valence-electron chi connectivity index (χ1n) is 7.56. The Bertz CT molecular complexity index is 854. The van der Waals surface area contributed by atoms with Crippen molar-refractivity contribution >= 4 is 11.2 Å². The molecule has 2 aromatic heterocycles. The molecule has 0 saturated carbocycles. The minimum atomic E-state index is -1.19. The number of aliphatic hydroxyl groups excluding tert-OH is 3. The molecule has 1 saturated heterocycles. The average Bonchev–Trinajstić information content (AvgIpc) is 3.17. The van der Waals surface area contributed by atoms with Crippen LogP contribution in [-0.4, -0.2) is 59.8 Å². The van der Waals surface area contributed by atoms with Gasteiger partial charge in [-0.1, -0.05) is 30.3 Å². The van der Waals surface area contributed by atoms with E-state index in [1.165, 1.54) is 12.7 Å². The third kappa shape index (κ3) is 2.28. The van der Waals surface area contributed by atoms with Crippen LogP contribution in [0.15, 0.2) is 43.0 Å². The lowest BCUT2D eigenvalue weighted by molar-refractivity contribution is -0.0511. The number of fused-ring (bicyclic) bond motifs is 1. The lowest BCUT2D eigenvalue weighted by atomic mass is 10.1. The van der Waals surface area contributed by atoms with Gasteiger partial charge in [-0.05, 0) is 0 Å². The fourth-order valence-electron chi connectivity index (χ4n) is 2.96. The van der Waals surface area contributed by atoms with Gasteiger partial charge in [0.25, 0.3) is 0 Å². The van der Waals surface area contributed by atoms with E-state index in [4.69, 9.17) is 4.74 Å². The van der Waals surface area contributed by atoms with Crippen molar-refractivity contribution in [1.82, 2.24) is 19.5 Å². The highest BCUT2D eigenvalue weighted by Gasteiger charge is 2.44. The third-order valence-electron chi connectivity index (χ3n) is 4.20. The summed E-state index contributed by atoms with van der Waals surface area (Å²) in [5.74, 6) is 0. The maximum absolute atomic E-state index is 10.2. The normalized spacial score (nSPS) is 27.0. The molecule has 4 rings (SSSR count). The largest absolute Gasteiger partial charge is 0.394 e. The highest BCUT2D eigenvalue weighted by molar-refractivity contribution is 5.87. The molecule has 0 amide bonds. The molecule has 3 heterocycles. The van der Waals surface area contributed by atoms with Crippen molar-refractivity contribution in [3.8, 4) is 11.3 Å². The second-order valence-corrected chi connectivity index (χ2v) is 5.64. The van der Waals surface area contributed by atoms with Gasteiger partial charge in [0, 0.05) is 5.56 Å². The number of nitrogens with zero attached hydrogens (tertiary/aromatic N) is 4. The molecule has 3 aromatic rings. The Kier molecular flexibility index (Phi) is 3.73. The molecule has 2 unspecified atom stereocenters. The quantitative estimate of drug-likeness (QED) is 0.625. The van der Waals surface area contributed by atoms with Crippen LogP contribution in [0.5, 0.6) is 0 Å². The molecule has 1 fully saturated rings. The second kappa shape index (κ2) is 5.91. The summed E-state index contributed by atoms with van der Waals surface area (Å²) in [6, 6.07) is 9.58. The van der Waals surface area contributed by atoms with Crippen LogP contribution in [0.25, 0.3) is 22.4 Å². The zero-order chi connectivity index (χ0) is 16.7. The molecular weight excluding hydrogens is 312 g/mol. The Hall–Kier alpha value is -2.39. The molecule has 3 N–H and O–H groups in total. The summed E-state index contributed by atoms with van der Waals surface area (Å²) >= 11 is 0. The SMILES string of the molecule is OC[C@H]1O[C@@H](n2cnc3c(-c4ccccc4)ncnc32)C(O)C1O. The highest BCUT2D eigenvalue weighted by Crippen LogP contribution is 2.32. The smallest absolute Gasteiger partial charge is 0.166 e. The first kappa shape index (κ1) is 15.2. The lowest BCUT2D eigenvalue weighted by Gasteiger charge is -2.16. The van der Waals surface area contributed by atoms with Crippen LogP contribution >= 0.6 is 0 Å². The predicted octanol–water partition coefficient (Wildman–Crippen LogP) is 0.105. The van der Waals surface area contributed by atoms with Crippen molar-refractivity contribution in [2.75, 3.05) is 6.61 Å². The molecule has 4 atom stereocenters. The number of aromatic nitrogens is 4. The van der Waals surface area contributed by atoms with Crippen molar-refractivity contribution in [3.05, 3.63) is 43.0 Å². The van der Waals surface area contributed by atoms with Crippen LogP contribution in [-0.2, 0) is 4.74 Å². The molecule has 0 bridgehead atoms. The van der Waals surface area contributed by atoms with E-state index < -0.39 is 24.5 Å². The Labute approximate surface area is 137 Å². The number of hydrogen-bond acceptors (Lipinski definition) is 7. The summed E-state index contributed by atoms with van der Waals surface area (Å²) in [6.07, 6.45) is -1.17. The number of ether oxygens (including phenoxy) is 1. The minimum Gasteiger partial charge on any atom is -0.394 e. The monoisotopic (exact) mass is 328 g/mol. The van der Waals surface area contributed by atoms with E-state index >= 15 is 0 Å². The summed E-state index contributed by atoms with van der Waals surface area (Å²) in [5.41, 5.74) is 2.63. The van der Waals surface area contributed by atoms with Gasteiger partial charge in [0.2, 0.25) is 0 Å². The van der Waals surface area contributed by atoms with Crippen LogP contribution in [0.2, 0.25) is 0 Å². The molecule has 0 aliphatic carbocycles. The van der Waals surface area contributed by atoms with Gasteiger partial charge in [0.1, 0.15) is 35.8 Å². The Balaban J connectivity index is 1.80. The van der Waals surface area contributed by atoms with Crippen LogP contribution in [0, 0.1) is 0 Å². The summed E-state index contributed by atoms with van der Waals surface area (Å²) in [7, 11) is 0. The van der Waals surface area contributed by atoms with Crippen LogP contribution in [0.4, 0.5) is 0 Å². The van der Waals surface area contributed by atoms with Crippen LogP contribution in [0.1, 0.15) is 6.23 Å². The Morgan fingerprint density at radius 2 is 1.83 bits per heavy atom. The van der Waals surface area contributed by atoms with E-state index in [-0.39, 0.29) is 6.61 Å². The van der Waals surface area contributed by atoms with Gasteiger partial charge >= 0.3 is 0 Å². The van der Waals surface area contributed by atoms with Crippen molar-refractivity contribution in [2.24, 2.45) is 0 Å². The molecule has 1 aromatic carbocycles. The molecule has 124 valence electrons. The van der Waals surface area contributed by atoms with Gasteiger partial charge in [-0.3, -0.25) is 4.57 Å². The molecular formula is C16H16N4O4. The van der Waals surface area contributed by atoms with Gasteiger partial charge in [-0.2, -0.15) is 0 Å². The summed E-state index contributed by atoms with van der Waals surface area (Å²) in [4.78, 5) is 12.9. The van der Waals surface area contributed by atoms with E-state index in [0.29, 0.717) is 16.9 Å². The van der Waals surface area contributed by atoms with E-state index in [1.54, 1.807) is 4.57 Å². The van der Waals surface area contributed by atoms with E-state index in [9.17, 15) is 15.3 Å². The zero-order valence-electron chi connectivity index (χ0n) is 12.6. The fraction of sp³-hybridized carbons (Fsp3) is 0.312. The molecule has 1 aliphatic rings. The second-order valence-electron chi connectivity index (χ2n) is 5.64. The number of benzene rings is 1. The topological polar surface area (TPSA) is 114 Å². The van der Waals surface area contributed by atoms with Crippen molar-refractivity contribution < 1.29 is 20.1 Å². The van der Waals surface area contributed by atoms with Crippen LogP contribution < -0.4 is 0 Å². The molecule has 0 spiro atoms. The maximum Gasteiger partial charge on any atom is 0.166 e. The standard InChI is InChI=1S/C16H16N4O4/c21-6-10-13(22)14(23)16(24-10)20-8-19-12-11(17-7-18-15(12)20)9-4-2-1-3-5-9/h1-5,7-8,10,13-14,16,21-23H,6H2/t10-,13?,14?,16-/m1/s1. The van der Waals surface area contributed by atoms with Gasteiger partial charge in [0.05, 0.1) is 12.9 Å². The average molecular weight is 328 g/mol. The van der Waals surface area contributed by atoms with Gasteiger partial charge < -0.3 is 20.1 Å².